The van der Waals surface area contributed by atoms with Gasteiger partial charge in [0.25, 0.3) is 5.91 Å². The molecule has 1 aliphatic rings. The van der Waals surface area contributed by atoms with Crippen LogP contribution in [-0.2, 0) is 0 Å². The van der Waals surface area contributed by atoms with E-state index in [2.05, 4.69) is 11.8 Å². The smallest absolute Gasteiger partial charge is 0.256 e. The molecule has 0 unspecified atom stereocenters. The molecule has 6 heteroatoms. The number of carbonyl (C=O) groups is 1. The van der Waals surface area contributed by atoms with Crippen molar-refractivity contribution in [3.05, 3.63) is 59.7 Å². The summed E-state index contributed by atoms with van der Waals surface area (Å²) in [6.07, 6.45) is -0.229. The largest absolute Gasteiger partial charge is 0.485 e. The summed E-state index contributed by atoms with van der Waals surface area (Å²) in [4.78, 5) is 16.0. The fraction of sp³-hybridized carbons (Fsp3) is 0.316. The van der Waals surface area contributed by atoms with Gasteiger partial charge in [-0.1, -0.05) is 12.1 Å². The van der Waals surface area contributed by atoms with Crippen molar-refractivity contribution >= 4 is 11.6 Å². The number of halogens is 2. The molecule has 1 amide bonds. The molecule has 0 bridgehead atoms. The Labute approximate surface area is 145 Å². The first-order valence-corrected chi connectivity index (χ1v) is 8.20. The van der Waals surface area contributed by atoms with Gasteiger partial charge >= 0.3 is 0 Å². The maximum atomic E-state index is 13.8. The summed E-state index contributed by atoms with van der Waals surface area (Å²) in [6, 6.07) is 10.7. The van der Waals surface area contributed by atoms with Crippen molar-refractivity contribution in [1.29, 1.82) is 0 Å². The standard InChI is InChI=1S/C19H20F2N2O2/c1-3-23-12-14(25-18-7-5-4-6-17(18)23)11-22(2)19(24)15-9-8-13(20)10-16(15)21/h4-10,14H,3,11-12H2,1-2H3/t14-/m0/s1. The number of benzene rings is 2. The van der Waals surface area contributed by atoms with Gasteiger partial charge in [0, 0.05) is 19.7 Å². The van der Waals surface area contributed by atoms with Gasteiger partial charge in [0.15, 0.2) is 0 Å². The van der Waals surface area contributed by atoms with Gasteiger partial charge in [0.05, 0.1) is 24.3 Å². The molecular formula is C19H20F2N2O2. The average molecular weight is 346 g/mol. The fourth-order valence-corrected chi connectivity index (χ4v) is 3.03. The van der Waals surface area contributed by atoms with E-state index >= 15 is 0 Å². The zero-order valence-electron chi connectivity index (χ0n) is 14.2. The molecule has 0 N–H and O–H groups in total. The van der Waals surface area contributed by atoms with E-state index in [1.807, 2.05) is 24.3 Å². The highest BCUT2D eigenvalue weighted by atomic mass is 19.1. The second-order valence-corrected chi connectivity index (χ2v) is 6.06. The van der Waals surface area contributed by atoms with Gasteiger partial charge in [-0.2, -0.15) is 0 Å². The van der Waals surface area contributed by atoms with E-state index < -0.39 is 17.5 Å². The number of rotatable bonds is 4. The molecular weight excluding hydrogens is 326 g/mol. The van der Waals surface area contributed by atoms with Gasteiger partial charge in [-0.25, -0.2) is 8.78 Å². The molecule has 0 fully saturated rings. The van der Waals surface area contributed by atoms with Crippen molar-refractivity contribution in [3.63, 3.8) is 0 Å². The van der Waals surface area contributed by atoms with Crippen LogP contribution in [0, 0.1) is 11.6 Å². The monoisotopic (exact) mass is 346 g/mol. The summed E-state index contributed by atoms with van der Waals surface area (Å²) >= 11 is 0. The normalized spacial score (nSPS) is 16.2. The Morgan fingerprint density at radius 1 is 1.28 bits per heavy atom. The lowest BCUT2D eigenvalue weighted by molar-refractivity contribution is 0.0705. The minimum absolute atomic E-state index is 0.146. The molecule has 1 atom stereocenters. The highest BCUT2D eigenvalue weighted by molar-refractivity contribution is 5.94. The Balaban J connectivity index is 1.73. The maximum Gasteiger partial charge on any atom is 0.256 e. The second-order valence-electron chi connectivity index (χ2n) is 6.06. The Bertz CT molecular complexity index is 782. The van der Waals surface area contributed by atoms with Gasteiger partial charge in [0.2, 0.25) is 0 Å². The van der Waals surface area contributed by atoms with Crippen molar-refractivity contribution < 1.29 is 18.3 Å². The number of likely N-dealkylation sites (N-methyl/N-ethyl adjacent to an activating group) is 2. The van der Waals surface area contributed by atoms with Crippen molar-refractivity contribution in [1.82, 2.24) is 4.90 Å². The zero-order valence-corrected chi connectivity index (χ0v) is 14.2. The lowest BCUT2D eigenvalue weighted by Crippen LogP contribution is -2.46. The molecule has 3 rings (SSSR count). The first kappa shape index (κ1) is 17.2. The van der Waals surface area contributed by atoms with Crippen LogP contribution >= 0.6 is 0 Å². The summed E-state index contributed by atoms with van der Waals surface area (Å²) < 4.78 is 32.8. The minimum atomic E-state index is -0.859. The van der Waals surface area contributed by atoms with E-state index in [1.54, 1.807) is 7.05 Å². The van der Waals surface area contributed by atoms with Crippen LogP contribution in [-0.4, -0.2) is 43.6 Å². The van der Waals surface area contributed by atoms with E-state index in [4.69, 9.17) is 4.74 Å². The molecule has 0 radical (unpaired) electrons. The summed E-state index contributed by atoms with van der Waals surface area (Å²) in [5.74, 6) is -1.29. The molecule has 2 aromatic rings. The van der Waals surface area contributed by atoms with Crippen LogP contribution in [0.5, 0.6) is 5.75 Å². The molecule has 1 heterocycles. The number of nitrogens with zero attached hydrogens (tertiary/aromatic N) is 2. The van der Waals surface area contributed by atoms with Crippen LogP contribution in [0.1, 0.15) is 17.3 Å². The third-order valence-electron chi connectivity index (χ3n) is 4.29. The van der Waals surface area contributed by atoms with E-state index in [9.17, 15) is 13.6 Å². The fourth-order valence-electron chi connectivity index (χ4n) is 3.03. The van der Waals surface area contributed by atoms with E-state index in [0.717, 1.165) is 24.0 Å². The van der Waals surface area contributed by atoms with Crippen LogP contribution in [0.15, 0.2) is 42.5 Å². The molecule has 132 valence electrons. The number of amides is 1. The molecule has 0 aromatic heterocycles. The summed E-state index contributed by atoms with van der Waals surface area (Å²) in [7, 11) is 1.59. The SMILES string of the molecule is CCN1C[C@H](CN(C)C(=O)c2ccc(F)cc2F)Oc2ccccc21. The lowest BCUT2D eigenvalue weighted by atomic mass is 10.1. The molecule has 0 saturated heterocycles. The van der Waals surface area contributed by atoms with Crippen LogP contribution < -0.4 is 9.64 Å². The van der Waals surface area contributed by atoms with E-state index in [-0.39, 0.29) is 11.7 Å². The van der Waals surface area contributed by atoms with Gasteiger partial charge in [-0.05, 0) is 31.2 Å². The molecule has 0 spiro atoms. The predicted octanol–water partition coefficient (Wildman–Crippen LogP) is 3.32. The van der Waals surface area contributed by atoms with Crippen LogP contribution in [0.4, 0.5) is 14.5 Å². The number of anilines is 1. The number of carbonyl (C=O) groups excluding carboxylic acids is 1. The average Bonchev–Trinajstić information content (AvgIpc) is 2.60. The Morgan fingerprint density at radius 2 is 2.04 bits per heavy atom. The summed E-state index contributed by atoms with van der Waals surface area (Å²) in [5, 5.41) is 0. The Morgan fingerprint density at radius 3 is 2.76 bits per heavy atom. The van der Waals surface area contributed by atoms with Gasteiger partial charge in [-0.15, -0.1) is 0 Å². The minimum Gasteiger partial charge on any atom is -0.485 e. The third kappa shape index (κ3) is 3.57. The lowest BCUT2D eigenvalue weighted by Gasteiger charge is -2.37. The quantitative estimate of drug-likeness (QED) is 0.851. The first-order valence-electron chi connectivity index (χ1n) is 8.20. The molecule has 25 heavy (non-hydrogen) atoms. The first-order chi connectivity index (χ1) is 12.0. The highest BCUT2D eigenvalue weighted by Crippen LogP contribution is 2.32. The molecule has 1 aliphatic heterocycles. The highest BCUT2D eigenvalue weighted by Gasteiger charge is 2.27. The third-order valence-corrected chi connectivity index (χ3v) is 4.29. The number of ether oxygens (including phenoxy) is 1. The van der Waals surface area contributed by atoms with E-state index in [0.29, 0.717) is 19.2 Å². The Kier molecular flexibility index (Phi) is 4.88. The van der Waals surface area contributed by atoms with Crippen LogP contribution in [0.3, 0.4) is 0 Å². The summed E-state index contributed by atoms with van der Waals surface area (Å²) in [5.41, 5.74) is 0.882. The zero-order chi connectivity index (χ0) is 18.0. The van der Waals surface area contributed by atoms with Crippen LogP contribution in [0.25, 0.3) is 0 Å². The van der Waals surface area contributed by atoms with Gasteiger partial charge < -0.3 is 14.5 Å². The molecule has 2 aromatic carbocycles. The maximum absolute atomic E-state index is 13.8. The Hall–Kier alpha value is -2.63. The van der Waals surface area contributed by atoms with Crippen molar-refractivity contribution in [2.45, 2.75) is 13.0 Å². The molecule has 0 saturated carbocycles. The predicted molar refractivity (Wildman–Crippen MR) is 92.1 cm³/mol. The number of hydrogen-bond acceptors (Lipinski definition) is 3. The molecule has 0 aliphatic carbocycles. The van der Waals surface area contributed by atoms with E-state index in [1.165, 1.54) is 11.0 Å². The summed E-state index contributed by atoms with van der Waals surface area (Å²) in [6.45, 7) is 3.82. The molecule has 4 nitrogen and oxygen atoms in total. The van der Waals surface area contributed by atoms with Crippen molar-refractivity contribution in [2.24, 2.45) is 0 Å². The van der Waals surface area contributed by atoms with Gasteiger partial charge in [0.1, 0.15) is 23.5 Å². The number of hydrogen-bond donors (Lipinski definition) is 0. The van der Waals surface area contributed by atoms with Crippen molar-refractivity contribution in [2.75, 3.05) is 31.6 Å². The number of fused-ring (bicyclic) bond motifs is 1. The number of para-hydroxylation sites is 2. The van der Waals surface area contributed by atoms with Crippen LogP contribution in [0.2, 0.25) is 0 Å². The second kappa shape index (κ2) is 7.09. The van der Waals surface area contributed by atoms with Crippen molar-refractivity contribution in [3.8, 4) is 5.75 Å². The topological polar surface area (TPSA) is 32.8 Å². The van der Waals surface area contributed by atoms with Gasteiger partial charge in [-0.3, -0.25) is 4.79 Å².